The topological polar surface area (TPSA) is 79.0 Å². The molecule has 1 N–H and O–H groups in total. The van der Waals surface area contributed by atoms with Crippen molar-refractivity contribution in [3.63, 3.8) is 0 Å². The molecule has 0 bridgehead atoms. The SMILES string of the molecule is CCNC(=O)C(C)N(Cc1cccc(OC)c1)C(=O)CCCN1C(=O)c2cccc3cccc1c23. The van der Waals surface area contributed by atoms with Crippen LogP contribution in [-0.2, 0) is 16.1 Å². The third kappa shape index (κ3) is 4.99. The number of benzene rings is 3. The Balaban J connectivity index is 1.46. The lowest BCUT2D eigenvalue weighted by Crippen LogP contribution is -2.47. The van der Waals surface area contributed by atoms with E-state index in [1.807, 2.05) is 67.6 Å². The van der Waals surface area contributed by atoms with Crippen LogP contribution in [0.1, 0.15) is 42.6 Å². The van der Waals surface area contributed by atoms with Gasteiger partial charge in [0.2, 0.25) is 11.8 Å². The zero-order valence-corrected chi connectivity index (χ0v) is 20.4. The van der Waals surface area contributed by atoms with Gasteiger partial charge in [0.1, 0.15) is 11.8 Å². The first kappa shape index (κ1) is 24.3. The monoisotopic (exact) mass is 473 g/mol. The van der Waals surface area contributed by atoms with E-state index in [-0.39, 0.29) is 24.1 Å². The molecule has 1 atom stereocenters. The molecule has 3 amide bonds. The third-order valence-electron chi connectivity index (χ3n) is 6.43. The Labute approximate surface area is 205 Å². The second-order valence-corrected chi connectivity index (χ2v) is 8.68. The predicted molar refractivity (Wildman–Crippen MR) is 137 cm³/mol. The van der Waals surface area contributed by atoms with Crippen molar-refractivity contribution in [1.29, 1.82) is 0 Å². The van der Waals surface area contributed by atoms with E-state index in [1.165, 1.54) is 0 Å². The van der Waals surface area contributed by atoms with Crippen molar-refractivity contribution < 1.29 is 19.1 Å². The zero-order valence-electron chi connectivity index (χ0n) is 20.4. The standard InChI is InChI=1S/C28H31N3O4/c1-4-29-27(33)19(2)31(18-20-9-5-12-22(17-20)35-3)25(32)15-8-16-30-24-14-7-11-21-10-6-13-23(26(21)24)28(30)34/h5-7,9-14,17,19H,4,8,15-16,18H2,1-3H3,(H,29,33). The highest BCUT2D eigenvalue weighted by Crippen LogP contribution is 2.37. The normalized spacial score (nSPS) is 13.1. The number of hydrogen-bond acceptors (Lipinski definition) is 4. The molecule has 0 aromatic heterocycles. The molecule has 1 unspecified atom stereocenters. The van der Waals surface area contributed by atoms with Crippen LogP contribution in [0.4, 0.5) is 5.69 Å². The number of amides is 3. The van der Waals surface area contributed by atoms with Crippen molar-refractivity contribution in [2.75, 3.05) is 25.1 Å². The number of carbonyl (C=O) groups excluding carboxylic acids is 3. The van der Waals surface area contributed by atoms with Gasteiger partial charge in [0.25, 0.3) is 5.91 Å². The van der Waals surface area contributed by atoms with Crippen molar-refractivity contribution in [2.45, 2.75) is 39.3 Å². The van der Waals surface area contributed by atoms with Crippen molar-refractivity contribution in [1.82, 2.24) is 10.2 Å². The molecule has 1 heterocycles. The number of methoxy groups -OCH3 is 1. The number of hydrogen-bond donors (Lipinski definition) is 1. The van der Waals surface area contributed by atoms with Crippen LogP contribution in [0.2, 0.25) is 0 Å². The number of rotatable bonds is 10. The van der Waals surface area contributed by atoms with Crippen LogP contribution in [0, 0.1) is 0 Å². The molecule has 35 heavy (non-hydrogen) atoms. The fraction of sp³-hybridized carbons (Fsp3) is 0.321. The van der Waals surface area contributed by atoms with E-state index in [9.17, 15) is 14.4 Å². The maximum Gasteiger partial charge on any atom is 0.258 e. The molecule has 0 saturated carbocycles. The Morgan fingerprint density at radius 3 is 2.57 bits per heavy atom. The van der Waals surface area contributed by atoms with E-state index in [4.69, 9.17) is 4.74 Å². The molecule has 4 rings (SSSR count). The van der Waals surface area contributed by atoms with Crippen LogP contribution in [-0.4, -0.2) is 48.9 Å². The molecule has 1 aliphatic rings. The predicted octanol–water partition coefficient (Wildman–Crippen LogP) is 4.14. The lowest BCUT2D eigenvalue weighted by molar-refractivity contribution is -0.140. The van der Waals surface area contributed by atoms with Gasteiger partial charge >= 0.3 is 0 Å². The van der Waals surface area contributed by atoms with Gasteiger partial charge in [-0.1, -0.05) is 36.4 Å². The van der Waals surface area contributed by atoms with Crippen LogP contribution in [0.3, 0.4) is 0 Å². The van der Waals surface area contributed by atoms with Crippen LogP contribution in [0.5, 0.6) is 5.75 Å². The van der Waals surface area contributed by atoms with Crippen LogP contribution in [0.25, 0.3) is 10.8 Å². The maximum atomic E-state index is 13.3. The van der Waals surface area contributed by atoms with Crippen LogP contribution in [0.15, 0.2) is 60.7 Å². The van der Waals surface area contributed by atoms with Gasteiger partial charge in [0.05, 0.1) is 12.8 Å². The Morgan fingerprint density at radius 2 is 1.83 bits per heavy atom. The van der Waals surface area contributed by atoms with Gasteiger partial charge in [-0.15, -0.1) is 0 Å². The molecule has 0 fully saturated rings. The summed E-state index contributed by atoms with van der Waals surface area (Å²) < 4.78 is 5.31. The zero-order chi connectivity index (χ0) is 24.9. The number of ether oxygens (including phenoxy) is 1. The van der Waals surface area contributed by atoms with Gasteiger partial charge in [-0.3, -0.25) is 14.4 Å². The number of carbonyl (C=O) groups is 3. The molecule has 1 aliphatic heterocycles. The summed E-state index contributed by atoms with van der Waals surface area (Å²) in [4.78, 5) is 42.3. The van der Waals surface area contributed by atoms with Gasteiger partial charge in [-0.05, 0) is 55.5 Å². The summed E-state index contributed by atoms with van der Waals surface area (Å²) in [7, 11) is 1.60. The summed E-state index contributed by atoms with van der Waals surface area (Å²) in [5.41, 5.74) is 2.47. The van der Waals surface area contributed by atoms with Gasteiger partial charge in [-0.2, -0.15) is 0 Å². The summed E-state index contributed by atoms with van der Waals surface area (Å²) in [6, 6.07) is 18.5. The van der Waals surface area contributed by atoms with E-state index < -0.39 is 6.04 Å². The minimum atomic E-state index is -0.625. The molecule has 3 aromatic carbocycles. The van der Waals surface area contributed by atoms with E-state index in [0.29, 0.717) is 37.4 Å². The van der Waals surface area contributed by atoms with Gasteiger partial charge in [-0.25, -0.2) is 0 Å². The van der Waals surface area contributed by atoms with Gasteiger partial charge in [0.15, 0.2) is 0 Å². The first-order valence-corrected chi connectivity index (χ1v) is 12.0. The Hall–Kier alpha value is -3.87. The van der Waals surface area contributed by atoms with Crippen molar-refractivity contribution >= 4 is 34.2 Å². The molecule has 182 valence electrons. The Morgan fingerprint density at radius 1 is 1.09 bits per heavy atom. The fourth-order valence-electron chi connectivity index (χ4n) is 4.61. The number of nitrogens with one attached hydrogen (secondary N) is 1. The van der Waals surface area contributed by atoms with Crippen LogP contribution < -0.4 is 15.0 Å². The first-order valence-electron chi connectivity index (χ1n) is 12.0. The highest BCUT2D eigenvalue weighted by molar-refractivity contribution is 6.25. The molecule has 0 spiro atoms. The van der Waals surface area contributed by atoms with Crippen molar-refractivity contribution in [2.24, 2.45) is 0 Å². The quantitative estimate of drug-likeness (QED) is 0.480. The summed E-state index contributed by atoms with van der Waals surface area (Å²) in [6.45, 7) is 4.81. The maximum absolute atomic E-state index is 13.3. The highest BCUT2D eigenvalue weighted by Gasteiger charge is 2.30. The van der Waals surface area contributed by atoms with Crippen molar-refractivity contribution in [3.05, 3.63) is 71.8 Å². The lowest BCUT2D eigenvalue weighted by Gasteiger charge is -2.29. The Bertz CT molecular complexity index is 1250. The summed E-state index contributed by atoms with van der Waals surface area (Å²) >= 11 is 0. The van der Waals surface area contributed by atoms with Gasteiger partial charge < -0.3 is 19.9 Å². The average Bonchev–Trinajstić information content (AvgIpc) is 3.15. The van der Waals surface area contributed by atoms with E-state index >= 15 is 0 Å². The van der Waals surface area contributed by atoms with E-state index in [2.05, 4.69) is 5.32 Å². The largest absolute Gasteiger partial charge is 0.497 e. The molecule has 7 heteroatoms. The number of nitrogens with zero attached hydrogens (tertiary/aromatic N) is 2. The minimum absolute atomic E-state index is 0.0341. The third-order valence-corrected chi connectivity index (χ3v) is 6.43. The highest BCUT2D eigenvalue weighted by atomic mass is 16.5. The van der Waals surface area contributed by atoms with E-state index in [0.717, 1.165) is 22.0 Å². The minimum Gasteiger partial charge on any atom is -0.497 e. The van der Waals surface area contributed by atoms with E-state index in [1.54, 1.807) is 23.8 Å². The fourth-order valence-corrected chi connectivity index (χ4v) is 4.61. The van der Waals surface area contributed by atoms with Crippen molar-refractivity contribution in [3.8, 4) is 5.75 Å². The summed E-state index contributed by atoms with van der Waals surface area (Å²) in [5.74, 6) is 0.338. The van der Waals surface area contributed by atoms with Crippen LogP contribution >= 0.6 is 0 Å². The molecule has 3 aromatic rings. The molecular formula is C28H31N3O4. The second-order valence-electron chi connectivity index (χ2n) is 8.68. The molecule has 0 radical (unpaired) electrons. The van der Waals surface area contributed by atoms with Gasteiger partial charge in [0, 0.05) is 37.0 Å². The smallest absolute Gasteiger partial charge is 0.258 e. The molecule has 0 aliphatic carbocycles. The summed E-state index contributed by atoms with van der Waals surface area (Å²) in [5, 5.41) is 4.81. The number of likely N-dealkylation sites (N-methyl/N-ethyl adjacent to an activating group) is 1. The molecule has 7 nitrogen and oxygen atoms in total. The molecular weight excluding hydrogens is 442 g/mol. The first-order chi connectivity index (χ1) is 16.9. The second kappa shape index (κ2) is 10.6. The number of anilines is 1. The summed E-state index contributed by atoms with van der Waals surface area (Å²) in [6.07, 6.45) is 0.718. The lowest BCUT2D eigenvalue weighted by atomic mass is 10.1. The average molecular weight is 474 g/mol. The molecule has 0 saturated heterocycles. The Kier molecular flexibility index (Phi) is 7.34.